The molecule has 0 aliphatic carbocycles. The first-order chi connectivity index (χ1) is 14.8. The average molecular weight is 500 g/mol. The van der Waals surface area contributed by atoms with Gasteiger partial charge in [-0.25, -0.2) is 0 Å². The smallest absolute Gasteiger partial charge is 0.305 e. The Morgan fingerprint density at radius 2 is 1.03 bits per heavy atom. The Morgan fingerprint density at radius 1 is 0.645 bits per heavy atom. The molecule has 0 spiro atoms. The van der Waals surface area contributed by atoms with Gasteiger partial charge < -0.3 is 4.74 Å². The fourth-order valence-corrected chi connectivity index (χ4v) is 8.54. The van der Waals surface area contributed by atoms with Crippen molar-refractivity contribution in [3.63, 3.8) is 0 Å². The molecule has 0 atom stereocenters. The highest BCUT2D eigenvalue weighted by atomic mass is 79.9. The maximum Gasteiger partial charge on any atom is 0.305 e. The molecule has 0 unspecified atom stereocenters. The monoisotopic (exact) mass is 499 g/mol. The van der Waals surface area contributed by atoms with Crippen LogP contribution in [0.25, 0.3) is 0 Å². The predicted molar refractivity (Wildman–Crippen MR) is 140 cm³/mol. The van der Waals surface area contributed by atoms with Gasteiger partial charge in [-0.2, -0.15) is 0 Å². The third-order valence-corrected chi connectivity index (χ3v) is 10.2. The summed E-state index contributed by atoms with van der Waals surface area (Å²) in [7, 11) is -0.243. The summed E-state index contributed by atoms with van der Waals surface area (Å²) < 4.78 is 4.74. The first kappa shape index (κ1) is 25.3. The van der Waals surface area contributed by atoms with Gasteiger partial charge in [-0.3, -0.25) is 4.79 Å². The van der Waals surface area contributed by atoms with Gasteiger partial charge in [0.2, 0.25) is 0 Å². The Labute approximate surface area is 198 Å². The molecule has 3 aromatic rings. The van der Waals surface area contributed by atoms with E-state index in [2.05, 4.69) is 91.0 Å². The number of carbonyl (C=O) groups is 1. The van der Waals surface area contributed by atoms with Crippen LogP contribution in [0, 0.1) is 0 Å². The van der Waals surface area contributed by atoms with Crippen LogP contribution >= 0.6 is 24.2 Å². The number of rotatable bonds is 11. The maximum atomic E-state index is 11.3. The minimum Gasteiger partial charge on any atom is -0.469 e. The lowest BCUT2D eigenvalue weighted by Crippen LogP contribution is -2.33. The zero-order valence-electron chi connectivity index (χ0n) is 18.3. The molecule has 0 saturated heterocycles. The Bertz CT molecular complexity index is 788. The van der Waals surface area contributed by atoms with Crippen LogP contribution in [-0.4, -0.2) is 19.2 Å². The quantitative estimate of drug-likeness (QED) is 0.182. The van der Waals surface area contributed by atoms with Gasteiger partial charge in [-0.1, -0.05) is 67.4 Å². The summed E-state index contributed by atoms with van der Waals surface area (Å²) in [5.74, 6) is -0.0998. The van der Waals surface area contributed by atoms with Crippen molar-refractivity contribution in [2.24, 2.45) is 0 Å². The van der Waals surface area contributed by atoms with Crippen LogP contribution in [0.15, 0.2) is 91.0 Å². The standard InChI is InChI=1S/C27H32O2P.BrH/c1-29-27(28)22-14-3-2-4-15-23-30(24-16-8-5-9-17-24,25-18-10-6-11-19-25)26-20-12-7-13-21-26;/h5-13,16-21H,2-4,14-15,22-23H2,1H3;1H/q+1;. The summed E-state index contributed by atoms with van der Waals surface area (Å²) in [4.78, 5) is 11.3. The SMILES string of the molecule is Br.COC(=O)CCCCCCC[P+](c1ccccc1)(c1ccccc1)c1ccccc1. The number of esters is 1. The topological polar surface area (TPSA) is 26.3 Å². The first-order valence-electron chi connectivity index (χ1n) is 10.9. The normalized spacial score (nSPS) is 10.9. The number of hydrogen-bond acceptors (Lipinski definition) is 2. The van der Waals surface area contributed by atoms with Gasteiger partial charge in [0.15, 0.2) is 0 Å². The van der Waals surface area contributed by atoms with Crippen LogP contribution in [-0.2, 0) is 9.53 Å². The van der Waals surface area contributed by atoms with E-state index >= 15 is 0 Å². The molecule has 0 amide bonds. The molecule has 0 saturated carbocycles. The minimum atomic E-state index is -1.70. The maximum absolute atomic E-state index is 11.3. The second kappa shape index (κ2) is 13.5. The summed E-state index contributed by atoms with van der Waals surface area (Å²) in [5, 5.41) is 4.36. The first-order valence-corrected chi connectivity index (χ1v) is 12.9. The zero-order chi connectivity index (χ0) is 21.1. The van der Waals surface area contributed by atoms with Crippen molar-refractivity contribution >= 4 is 46.1 Å². The summed E-state index contributed by atoms with van der Waals surface area (Å²) in [5.41, 5.74) is 0. The number of hydrogen-bond donors (Lipinski definition) is 0. The molecule has 4 heteroatoms. The molecule has 0 aromatic heterocycles. The third kappa shape index (κ3) is 6.76. The van der Waals surface area contributed by atoms with E-state index in [9.17, 15) is 4.79 Å². The van der Waals surface area contributed by atoms with Crippen LogP contribution in [0.3, 0.4) is 0 Å². The minimum absolute atomic E-state index is 0. The summed E-state index contributed by atoms with van der Waals surface area (Å²) in [6, 6.07) is 33.2. The Hall–Kier alpha value is -1.96. The fourth-order valence-electron chi connectivity index (χ4n) is 4.13. The number of benzene rings is 3. The van der Waals surface area contributed by atoms with Crippen molar-refractivity contribution in [1.29, 1.82) is 0 Å². The lowest BCUT2D eigenvalue weighted by molar-refractivity contribution is -0.140. The van der Waals surface area contributed by atoms with Gasteiger partial charge in [0.05, 0.1) is 13.3 Å². The van der Waals surface area contributed by atoms with Gasteiger partial charge in [-0.05, 0) is 55.7 Å². The molecule has 0 radical (unpaired) electrons. The summed E-state index contributed by atoms with van der Waals surface area (Å²) in [6.07, 6.45) is 7.24. The average Bonchev–Trinajstić information content (AvgIpc) is 2.82. The summed E-state index contributed by atoms with van der Waals surface area (Å²) in [6.45, 7) is 0. The van der Waals surface area contributed by atoms with E-state index in [-0.39, 0.29) is 23.0 Å². The van der Waals surface area contributed by atoms with Crippen molar-refractivity contribution in [1.82, 2.24) is 0 Å². The molecule has 0 aliphatic heterocycles. The van der Waals surface area contributed by atoms with Gasteiger partial charge in [0.1, 0.15) is 23.2 Å². The number of halogens is 1. The van der Waals surface area contributed by atoms with Crippen LogP contribution in [0.1, 0.15) is 38.5 Å². The van der Waals surface area contributed by atoms with Gasteiger partial charge in [-0.15, -0.1) is 17.0 Å². The van der Waals surface area contributed by atoms with Gasteiger partial charge in [0, 0.05) is 6.42 Å². The Kier molecular flexibility index (Phi) is 11.0. The van der Waals surface area contributed by atoms with Crippen molar-refractivity contribution in [3.8, 4) is 0 Å². The molecule has 3 rings (SSSR count). The molecule has 3 aromatic carbocycles. The van der Waals surface area contributed by atoms with E-state index in [4.69, 9.17) is 4.74 Å². The number of carbonyl (C=O) groups excluding carboxylic acids is 1. The van der Waals surface area contributed by atoms with E-state index in [1.807, 2.05) is 0 Å². The molecule has 2 nitrogen and oxygen atoms in total. The molecule has 0 aliphatic rings. The molecular formula is C27H33BrO2P+. The second-order valence-corrected chi connectivity index (χ2v) is 11.2. The van der Waals surface area contributed by atoms with Crippen molar-refractivity contribution in [3.05, 3.63) is 91.0 Å². The van der Waals surface area contributed by atoms with Crippen molar-refractivity contribution in [2.75, 3.05) is 13.3 Å². The molecule has 0 bridgehead atoms. The number of methoxy groups -OCH3 is 1. The fraction of sp³-hybridized carbons (Fsp3) is 0.296. The van der Waals surface area contributed by atoms with Crippen LogP contribution in [0.4, 0.5) is 0 Å². The van der Waals surface area contributed by atoms with E-state index < -0.39 is 7.26 Å². The van der Waals surface area contributed by atoms with Gasteiger partial charge in [0.25, 0.3) is 0 Å². The molecule has 31 heavy (non-hydrogen) atoms. The zero-order valence-corrected chi connectivity index (χ0v) is 20.9. The van der Waals surface area contributed by atoms with E-state index in [0.717, 1.165) is 19.3 Å². The van der Waals surface area contributed by atoms with Crippen LogP contribution in [0.2, 0.25) is 0 Å². The predicted octanol–water partition coefficient (Wildman–Crippen LogP) is 6.07. The molecular weight excluding hydrogens is 467 g/mol. The molecule has 0 fully saturated rings. The lowest BCUT2D eigenvalue weighted by atomic mass is 10.1. The largest absolute Gasteiger partial charge is 0.469 e. The van der Waals surface area contributed by atoms with Crippen molar-refractivity contribution in [2.45, 2.75) is 38.5 Å². The highest BCUT2D eigenvalue weighted by molar-refractivity contribution is 8.93. The molecule has 0 heterocycles. The molecule has 164 valence electrons. The highest BCUT2D eigenvalue weighted by Gasteiger charge is 2.44. The summed E-state index contributed by atoms with van der Waals surface area (Å²) >= 11 is 0. The third-order valence-electron chi connectivity index (χ3n) is 5.69. The highest BCUT2D eigenvalue weighted by Crippen LogP contribution is 2.55. The van der Waals surface area contributed by atoms with Crippen LogP contribution in [0.5, 0.6) is 0 Å². The Morgan fingerprint density at radius 3 is 1.45 bits per heavy atom. The van der Waals surface area contributed by atoms with E-state index in [1.54, 1.807) is 0 Å². The van der Waals surface area contributed by atoms with E-state index in [1.165, 1.54) is 42.0 Å². The van der Waals surface area contributed by atoms with Crippen molar-refractivity contribution < 1.29 is 9.53 Å². The Balaban J connectivity index is 0.00000341. The number of unbranched alkanes of at least 4 members (excludes halogenated alkanes) is 4. The lowest BCUT2D eigenvalue weighted by Gasteiger charge is -2.27. The van der Waals surface area contributed by atoms with Gasteiger partial charge >= 0.3 is 5.97 Å². The molecule has 0 N–H and O–H groups in total. The van der Waals surface area contributed by atoms with Crippen LogP contribution < -0.4 is 15.9 Å². The second-order valence-electron chi connectivity index (χ2n) is 7.63. The van der Waals surface area contributed by atoms with E-state index in [0.29, 0.717) is 6.42 Å². The number of ether oxygens (including phenoxy) is 1.